The van der Waals surface area contributed by atoms with Crippen molar-refractivity contribution >= 4 is 39.8 Å². The highest BCUT2D eigenvalue weighted by molar-refractivity contribution is 6.02. The minimum absolute atomic E-state index is 0.306. The molecule has 43 heavy (non-hydrogen) atoms. The Balaban J connectivity index is 1.48. The van der Waals surface area contributed by atoms with Crippen LogP contribution in [0.1, 0.15) is 0 Å². The van der Waals surface area contributed by atoms with Crippen molar-refractivity contribution in [1.82, 2.24) is 29.2 Å². The lowest BCUT2D eigenvalue weighted by atomic mass is 10.0. The Morgan fingerprint density at radius 1 is 1.05 bits per heavy atom. The quantitative estimate of drug-likeness (QED) is 0.213. The molecule has 0 aliphatic heterocycles. The number of nitrogens with zero attached hydrogens (tertiary/aromatic N) is 7. The van der Waals surface area contributed by atoms with Gasteiger partial charge in [-0.3, -0.25) is 9.48 Å². The molecule has 11 nitrogen and oxygen atoms in total. The third-order valence-electron chi connectivity index (χ3n) is 7.26. The van der Waals surface area contributed by atoms with Gasteiger partial charge in [-0.25, -0.2) is 9.97 Å². The number of rotatable bonds is 11. The molecule has 0 atom stereocenters. The highest BCUT2D eigenvalue weighted by Crippen LogP contribution is 2.38. The van der Waals surface area contributed by atoms with E-state index in [1.807, 2.05) is 65.8 Å². The van der Waals surface area contributed by atoms with Crippen LogP contribution in [0.3, 0.4) is 0 Å². The number of hydrogen-bond acceptors (Lipinski definition) is 8. The van der Waals surface area contributed by atoms with Crippen LogP contribution in [0.5, 0.6) is 5.75 Å². The van der Waals surface area contributed by atoms with Gasteiger partial charge in [0.25, 0.3) is 0 Å². The van der Waals surface area contributed by atoms with E-state index in [2.05, 4.69) is 66.1 Å². The predicted octanol–water partition coefficient (Wildman–Crippen LogP) is 4.91. The molecule has 0 aliphatic carbocycles. The van der Waals surface area contributed by atoms with Gasteiger partial charge < -0.3 is 29.7 Å². The fourth-order valence-electron chi connectivity index (χ4n) is 4.93. The largest absolute Gasteiger partial charge is 0.494 e. The maximum atomic E-state index is 12.3. The molecule has 0 saturated carbocycles. The summed E-state index contributed by atoms with van der Waals surface area (Å²) in [6, 6.07) is 12.0. The van der Waals surface area contributed by atoms with Crippen molar-refractivity contribution in [1.29, 1.82) is 0 Å². The van der Waals surface area contributed by atoms with E-state index in [0.717, 1.165) is 52.1 Å². The summed E-state index contributed by atoms with van der Waals surface area (Å²) in [5, 5.41) is 11.6. The fraction of sp³-hybridized carbons (Fsp3) is 0.250. The number of likely N-dealkylation sites (N-methyl/N-ethyl adjacent to an activating group) is 2. The van der Waals surface area contributed by atoms with Crippen LogP contribution in [-0.4, -0.2) is 76.5 Å². The highest BCUT2D eigenvalue weighted by Gasteiger charge is 2.18. The van der Waals surface area contributed by atoms with Gasteiger partial charge in [0.2, 0.25) is 11.9 Å². The SMILES string of the molecule is C=CC(=O)Nc1cc(Nc2nccc(-c3cn(C)c4cc(-c5cnn(C)c5)ccc34)n2)c(OC)cc1N(C)CCN(C)C. The Labute approximate surface area is 251 Å². The summed E-state index contributed by atoms with van der Waals surface area (Å²) < 4.78 is 9.65. The van der Waals surface area contributed by atoms with Crippen LogP contribution in [0.4, 0.5) is 23.0 Å². The number of carbonyl (C=O) groups excluding carboxylic acids is 1. The van der Waals surface area contributed by atoms with Crippen molar-refractivity contribution in [3.63, 3.8) is 0 Å². The number of ether oxygens (including phenoxy) is 1. The van der Waals surface area contributed by atoms with E-state index < -0.39 is 0 Å². The Hall–Kier alpha value is -5.16. The molecule has 5 aromatic rings. The number of carbonyl (C=O) groups is 1. The van der Waals surface area contributed by atoms with Gasteiger partial charge in [0.15, 0.2) is 0 Å². The molecule has 1 amide bonds. The Morgan fingerprint density at radius 3 is 2.56 bits per heavy atom. The van der Waals surface area contributed by atoms with Crippen LogP contribution in [0.15, 0.2) is 73.8 Å². The molecule has 2 aromatic carbocycles. The number of aromatic nitrogens is 5. The lowest BCUT2D eigenvalue weighted by Gasteiger charge is -2.26. The van der Waals surface area contributed by atoms with Gasteiger partial charge in [0.05, 0.1) is 36.1 Å². The van der Waals surface area contributed by atoms with Gasteiger partial charge >= 0.3 is 0 Å². The summed E-state index contributed by atoms with van der Waals surface area (Å²) in [7, 11) is 11.6. The predicted molar refractivity (Wildman–Crippen MR) is 173 cm³/mol. The van der Waals surface area contributed by atoms with Crippen LogP contribution in [0, 0.1) is 0 Å². The third-order valence-corrected chi connectivity index (χ3v) is 7.26. The van der Waals surface area contributed by atoms with E-state index in [-0.39, 0.29) is 5.91 Å². The van der Waals surface area contributed by atoms with E-state index >= 15 is 0 Å². The van der Waals surface area contributed by atoms with Crippen molar-refractivity contribution in [3.8, 4) is 28.1 Å². The van der Waals surface area contributed by atoms with Gasteiger partial charge in [-0.2, -0.15) is 5.10 Å². The molecule has 0 aliphatic rings. The standard InChI is InChI=1S/C32H37N9O2/c1-8-31(42)35-26-16-27(30(43-7)17-29(26)39(4)14-13-38(2)3)37-32-33-12-11-25(36-32)24-20-40(5)28-15-21(9-10-23(24)28)22-18-34-41(6)19-22/h8-12,15-20H,1,13-14H2,2-7H3,(H,35,42)(H,33,36,37). The van der Waals surface area contributed by atoms with Gasteiger partial charge in [-0.15, -0.1) is 0 Å². The molecule has 0 saturated heterocycles. The minimum atomic E-state index is -0.306. The Morgan fingerprint density at radius 2 is 1.86 bits per heavy atom. The second-order valence-electron chi connectivity index (χ2n) is 10.7. The maximum absolute atomic E-state index is 12.3. The number of nitrogens with one attached hydrogen (secondary N) is 2. The lowest BCUT2D eigenvalue weighted by molar-refractivity contribution is -0.111. The van der Waals surface area contributed by atoms with Gasteiger partial charge in [0, 0.05) is 80.9 Å². The van der Waals surface area contributed by atoms with Crippen LogP contribution in [0.2, 0.25) is 0 Å². The molecular weight excluding hydrogens is 542 g/mol. The molecule has 0 spiro atoms. The molecule has 11 heteroatoms. The van der Waals surface area contributed by atoms with Crippen LogP contribution >= 0.6 is 0 Å². The molecular formula is C32H37N9O2. The second kappa shape index (κ2) is 12.4. The maximum Gasteiger partial charge on any atom is 0.247 e. The topological polar surface area (TPSA) is 105 Å². The smallest absolute Gasteiger partial charge is 0.247 e. The minimum Gasteiger partial charge on any atom is -0.494 e. The third kappa shape index (κ3) is 6.36. The first-order valence-electron chi connectivity index (χ1n) is 13.9. The first-order valence-corrected chi connectivity index (χ1v) is 13.9. The molecule has 0 unspecified atom stereocenters. The summed E-state index contributed by atoms with van der Waals surface area (Å²) in [6.45, 7) is 5.19. The molecule has 0 radical (unpaired) electrons. The van der Waals surface area contributed by atoms with Crippen molar-refractivity contribution in [3.05, 3.63) is 73.8 Å². The zero-order chi connectivity index (χ0) is 30.7. The van der Waals surface area contributed by atoms with Gasteiger partial charge in [-0.1, -0.05) is 18.7 Å². The van der Waals surface area contributed by atoms with E-state index in [1.165, 1.54) is 6.08 Å². The number of benzene rings is 2. The summed E-state index contributed by atoms with van der Waals surface area (Å²) in [4.78, 5) is 25.8. The first kappa shape index (κ1) is 29.3. The molecule has 0 fully saturated rings. The summed E-state index contributed by atoms with van der Waals surface area (Å²) in [5.41, 5.74) is 7.06. The number of anilines is 4. The number of aryl methyl sites for hydroxylation is 2. The number of hydrogen-bond donors (Lipinski definition) is 2. The van der Waals surface area contributed by atoms with E-state index in [1.54, 1.807) is 18.0 Å². The lowest BCUT2D eigenvalue weighted by Crippen LogP contribution is -2.29. The normalized spacial score (nSPS) is 11.1. The van der Waals surface area contributed by atoms with E-state index in [9.17, 15) is 4.79 Å². The highest BCUT2D eigenvalue weighted by atomic mass is 16.5. The van der Waals surface area contributed by atoms with Crippen molar-refractivity contribution in [2.24, 2.45) is 14.1 Å². The molecule has 3 aromatic heterocycles. The van der Waals surface area contributed by atoms with E-state index in [0.29, 0.717) is 23.1 Å². The number of amides is 1. The van der Waals surface area contributed by atoms with Crippen molar-refractivity contribution in [2.45, 2.75) is 0 Å². The number of methoxy groups -OCH3 is 1. The van der Waals surface area contributed by atoms with Crippen LogP contribution in [0.25, 0.3) is 33.3 Å². The molecule has 5 rings (SSSR count). The molecule has 0 bridgehead atoms. The van der Waals surface area contributed by atoms with Crippen molar-refractivity contribution < 1.29 is 9.53 Å². The zero-order valence-electron chi connectivity index (χ0n) is 25.4. The Bertz CT molecular complexity index is 1790. The average molecular weight is 580 g/mol. The molecule has 3 heterocycles. The zero-order valence-corrected chi connectivity index (χ0v) is 25.4. The second-order valence-corrected chi connectivity index (χ2v) is 10.7. The molecule has 2 N–H and O–H groups in total. The number of fused-ring (bicyclic) bond motifs is 1. The van der Waals surface area contributed by atoms with Gasteiger partial charge in [-0.05, 0) is 43.9 Å². The summed E-state index contributed by atoms with van der Waals surface area (Å²) in [6.07, 6.45) is 8.92. The molecule has 222 valence electrons. The van der Waals surface area contributed by atoms with E-state index in [4.69, 9.17) is 9.72 Å². The van der Waals surface area contributed by atoms with Crippen molar-refractivity contribution in [2.75, 3.05) is 56.9 Å². The van der Waals surface area contributed by atoms with Crippen LogP contribution < -0.4 is 20.3 Å². The van der Waals surface area contributed by atoms with Crippen LogP contribution in [-0.2, 0) is 18.9 Å². The van der Waals surface area contributed by atoms with Gasteiger partial charge in [0.1, 0.15) is 5.75 Å². The average Bonchev–Trinajstić information content (AvgIpc) is 3.58. The summed E-state index contributed by atoms with van der Waals surface area (Å²) >= 11 is 0. The first-order chi connectivity index (χ1) is 20.7. The summed E-state index contributed by atoms with van der Waals surface area (Å²) in [5.74, 6) is 0.680. The Kier molecular flexibility index (Phi) is 8.44. The monoisotopic (exact) mass is 579 g/mol. The fourth-order valence-corrected chi connectivity index (χ4v) is 4.93.